The van der Waals surface area contributed by atoms with Crippen LogP contribution in [0.2, 0.25) is 0 Å². The van der Waals surface area contributed by atoms with Crippen molar-refractivity contribution in [1.29, 1.82) is 0 Å². The first-order valence-corrected chi connectivity index (χ1v) is 8.89. The molecule has 22 heavy (non-hydrogen) atoms. The number of benzene rings is 1. The van der Waals surface area contributed by atoms with Gasteiger partial charge in [-0.05, 0) is 38.5 Å². The molecule has 4 nitrogen and oxygen atoms in total. The van der Waals surface area contributed by atoms with Gasteiger partial charge in [0.05, 0.1) is 0 Å². The summed E-state index contributed by atoms with van der Waals surface area (Å²) in [5.74, 6) is 1.09. The number of carbonyl (C=O) groups is 1. The maximum atomic E-state index is 12.2. The molecule has 0 spiro atoms. The van der Waals surface area contributed by atoms with Crippen LogP contribution in [0.15, 0.2) is 30.3 Å². The lowest BCUT2D eigenvalue weighted by Crippen LogP contribution is -2.54. The van der Waals surface area contributed by atoms with Crippen molar-refractivity contribution in [3.63, 3.8) is 0 Å². The first kappa shape index (κ1) is 17.3. The van der Waals surface area contributed by atoms with Crippen LogP contribution in [0.1, 0.15) is 38.8 Å². The summed E-state index contributed by atoms with van der Waals surface area (Å²) in [5.41, 5.74) is -0.230. The third kappa shape index (κ3) is 4.48. The van der Waals surface area contributed by atoms with Gasteiger partial charge in [-0.2, -0.15) is 11.8 Å². The summed E-state index contributed by atoms with van der Waals surface area (Å²) in [4.78, 5) is 12.2. The average molecular weight is 322 g/mol. The van der Waals surface area contributed by atoms with Crippen LogP contribution in [0.4, 0.5) is 0 Å². The molecule has 2 rings (SSSR count). The Bertz CT molecular complexity index is 499. The molecule has 1 aromatic rings. The lowest BCUT2D eigenvalue weighted by molar-refractivity contribution is -0.137. The third-order valence-corrected chi connectivity index (χ3v) is 5.20. The molecule has 3 N–H and O–H groups in total. The lowest BCUT2D eigenvalue weighted by atomic mass is 9.99. The van der Waals surface area contributed by atoms with Gasteiger partial charge < -0.3 is 15.7 Å². The Balaban J connectivity index is 1.87. The minimum absolute atomic E-state index is 0.193. The molecule has 1 aliphatic rings. The highest BCUT2D eigenvalue weighted by molar-refractivity contribution is 7.99. The molecule has 0 bridgehead atoms. The Morgan fingerprint density at radius 2 is 2.09 bits per heavy atom. The smallest absolute Gasteiger partial charge is 0.252 e. The van der Waals surface area contributed by atoms with Crippen molar-refractivity contribution in [2.24, 2.45) is 0 Å². The van der Waals surface area contributed by atoms with Gasteiger partial charge in [-0.1, -0.05) is 30.3 Å². The fraction of sp³-hybridized carbons (Fsp3) is 0.588. The van der Waals surface area contributed by atoms with Crippen molar-refractivity contribution >= 4 is 17.7 Å². The first-order chi connectivity index (χ1) is 10.3. The fourth-order valence-electron chi connectivity index (χ4n) is 2.66. The summed E-state index contributed by atoms with van der Waals surface area (Å²) in [6.45, 7) is 6.70. The molecule has 1 aliphatic heterocycles. The second-order valence-corrected chi connectivity index (χ2v) is 7.78. The molecular weight excluding hydrogens is 296 g/mol. The maximum Gasteiger partial charge on any atom is 0.252 e. The fourth-order valence-corrected chi connectivity index (χ4v) is 3.90. The van der Waals surface area contributed by atoms with E-state index in [0.717, 1.165) is 5.75 Å². The minimum atomic E-state index is -1.19. The standard InChI is InChI=1S/C17H26N2O2S/c1-13(14-7-5-4-6-8-14)19-16(2,3)11-18-15(20)17(21)9-10-22-12-17/h4-8,13,19,21H,9-12H2,1-3H3,(H,18,20). The van der Waals surface area contributed by atoms with E-state index in [0.29, 0.717) is 18.7 Å². The number of carbonyl (C=O) groups excluding carboxylic acids is 1. The normalized spacial score (nSPS) is 23.3. The molecule has 1 aromatic carbocycles. The third-order valence-electron chi connectivity index (χ3n) is 4.02. The summed E-state index contributed by atoms with van der Waals surface area (Å²) < 4.78 is 0. The predicted molar refractivity (Wildman–Crippen MR) is 92.0 cm³/mol. The van der Waals surface area contributed by atoms with Crippen molar-refractivity contribution in [1.82, 2.24) is 10.6 Å². The Labute approximate surface area is 137 Å². The van der Waals surface area contributed by atoms with E-state index < -0.39 is 5.60 Å². The van der Waals surface area contributed by atoms with Gasteiger partial charge in [-0.3, -0.25) is 4.79 Å². The number of hydrogen-bond acceptors (Lipinski definition) is 4. The van der Waals surface area contributed by atoms with Crippen LogP contribution in [0.25, 0.3) is 0 Å². The van der Waals surface area contributed by atoms with Crippen molar-refractivity contribution in [3.8, 4) is 0 Å². The molecule has 1 heterocycles. The maximum absolute atomic E-state index is 12.2. The highest BCUT2D eigenvalue weighted by atomic mass is 32.2. The van der Waals surface area contributed by atoms with E-state index >= 15 is 0 Å². The molecule has 122 valence electrons. The summed E-state index contributed by atoms with van der Waals surface area (Å²) in [5, 5.41) is 16.7. The van der Waals surface area contributed by atoms with Gasteiger partial charge in [0.15, 0.2) is 5.60 Å². The number of aliphatic hydroxyl groups is 1. The first-order valence-electron chi connectivity index (χ1n) is 7.73. The van der Waals surface area contributed by atoms with E-state index in [1.807, 2.05) is 18.2 Å². The monoisotopic (exact) mass is 322 g/mol. The molecule has 1 fully saturated rings. The van der Waals surface area contributed by atoms with Crippen LogP contribution in [0, 0.1) is 0 Å². The molecule has 0 aliphatic carbocycles. The Kier molecular flexibility index (Phi) is 5.53. The number of nitrogens with one attached hydrogen (secondary N) is 2. The Morgan fingerprint density at radius 1 is 1.41 bits per heavy atom. The number of hydrogen-bond donors (Lipinski definition) is 3. The zero-order valence-corrected chi connectivity index (χ0v) is 14.4. The van der Waals surface area contributed by atoms with Crippen LogP contribution < -0.4 is 10.6 Å². The molecule has 1 saturated heterocycles. The number of amides is 1. The van der Waals surface area contributed by atoms with Crippen LogP contribution in [0.5, 0.6) is 0 Å². The van der Waals surface area contributed by atoms with Gasteiger partial charge >= 0.3 is 0 Å². The van der Waals surface area contributed by atoms with E-state index in [-0.39, 0.29) is 17.5 Å². The summed E-state index contributed by atoms with van der Waals surface area (Å²) in [7, 11) is 0. The average Bonchev–Trinajstić information content (AvgIpc) is 2.93. The molecule has 0 saturated carbocycles. The molecule has 5 heteroatoms. The highest BCUT2D eigenvalue weighted by Gasteiger charge is 2.39. The Hall–Kier alpha value is -1.04. The van der Waals surface area contributed by atoms with E-state index in [1.54, 1.807) is 11.8 Å². The van der Waals surface area contributed by atoms with E-state index in [9.17, 15) is 9.90 Å². The van der Waals surface area contributed by atoms with E-state index in [4.69, 9.17) is 0 Å². The number of rotatable bonds is 6. The lowest BCUT2D eigenvalue weighted by Gasteiger charge is -2.32. The van der Waals surface area contributed by atoms with Gasteiger partial charge in [-0.15, -0.1) is 0 Å². The van der Waals surface area contributed by atoms with Gasteiger partial charge in [0.2, 0.25) is 0 Å². The Morgan fingerprint density at radius 3 is 2.68 bits per heavy atom. The van der Waals surface area contributed by atoms with Gasteiger partial charge in [-0.25, -0.2) is 0 Å². The summed E-state index contributed by atoms with van der Waals surface area (Å²) in [6.07, 6.45) is 0.539. The second-order valence-electron chi connectivity index (χ2n) is 6.68. The molecule has 0 aromatic heterocycles. The minimum Gasteiger partial charge on any atom is -0.379 e. The molecule has 2 atom stereocenters. The van der Waals surface area contributed by atoms with Crippen LogP contribution in [-0.4, -0.2) is 40.2 Å². The van der Waals surface area contributed by atoms with Gasteiger partial charge in [0, 0.05) is 23.9 Å². The number of thioether (sulfide) groups is 1. The second kappa shape index (κ2) is 7.02. The van der Waals surface area contributed by atoms with E-state index in [1.165, 1.54) is 5.56 Å². The van der Waals surface area contributed by atoms with Gasteiger partial charge in [0.25, 0.3) is 5.91 Å². The highest BCUT2D eigenvalue weighted by Crippen LogP contribution is 2.28. The van der Waals surface area contributed by atoms with Crippen molar-refractivity contribution in [2.75, 3.05) is 18.1 Å². The summed E-state index contributed by atoms with van der Waals surface area (Å²) >= 11 is 1.62. The van der Waals surface area contributed by atoms with Gasteiger partial charge in [0.1, 0.15) is 0 Å². The molecule has 0 radical (unpaired) electrons. The quantitative estimate of drug-likeness (QED) is 0.751. The van der Waals surface area contributed by atoms with Crippen LogP contribution in [-0.2, 0) is 4.79 Å². The summed E-state index contributed by atoms with van der Waals surface area (Å²) in [6, 6.07) is 10.4. The largest absolute Gasteiger partial charge is 0.379 e. The zero-order chi connectivity index (χ0) is 16.2. The van der Waals surface area contributed by atoms with Crippen LogP contribution in [0.3, 0.4) is 0 Å². The van der Waals surface area contributed by atoms with E-state index in [2.05, 4.69) is 43.5 Å². The van der Waals surface area contributed by atoms with Crippen molar-refractivity contribution < 1.29 is 9.90 Å². The molecule has 2 unspecified atom stereocenters. The van der Waals surface area contributed by atoms with Crippen molar-refractivity contribution in [3.05, 3.63) is 35.9 Å². The topological polar surface area (TPSA) is 61.4 Å². The predicted octanol–water partition coefficient (Wildman–Crippen LogP) is 2.10. The SMILES string of the molecule is CC(NC(C)(C)CNC(=O)C1(O)CCSC1)c1ccccc1. The van der Waals surface area contributed by atoms with Crippen LogP contribution >= 0.6 is 11.8 Å². The zero-order valence-electron chi connectivity index (χ0n) is 13.6. The molecule has 1 amide bonds. The van der Waals surface area contributed by atoms with Crippen molar-refractivity contribution in [2.45, 2.75) is 44.4 Å². The molecular formula is C17H26N2O2S.